The summed E-state index contributed by atoms with van der Waals surface area (Å²) < 4.78 is 10.7. The molecule has 1 aromatic heterocycles. The van der Waals surface area contributed by atoms with Gasteiger partial charge in [-0.25, -0.2) is 0 Å². The molecule has 1 aromatic carbocycles. The van der Waals surface area contributed by atoms with E-state index >= 15 is 0 Å². The van der Waals surface area contributed by atoms with Crippen LogP contribution in [0.4, 0.5) is 5.69 Å². The molecule has 0 N–H and O–H groups in total. The molecule has 0 aliphatic heterocycles. The Morgan fingerprint density at radius 3 is 2.63 bits per heavy atom. The van der Waals surface area contributed by atoms with Gasteiger partial charge < -0.3 is 9.47 Å². The van der Waals surface area contributed by atoms with Crippen LogP contribution in [0.25, 0.3) is 0 Å². The van der Waals surface area contributed by atoms with Crippen molar-refractivity contribution in [2.45, 2.75) is 6.92 Å². The molecule has 6 heteroatoms. The lowest BCUT2D eigenvalue weighted by molar-refractivity contribution is -0.384. The largest absolute Gasteiger partial charge is 0.493 e. The summed E-state index contributed by atoms with van der Waals surface area (Å²) in [4.78, 5) is 14.2. The first kappa shape index (κ1) is 12.8. The molecular formula is C13H12N2O4. The van der Waals surface area contributed by atoms with Crippen molar-refractivity contribution in [1.29, 1.82) is 0 Å². The third-order valence-electron chi connectivity index (χ3n) is 2.44. The van der Waals surface area contributed by atoms with Gasteiger partial charge >= 0.3 is 0 Å². The summed E-state index contributed by atoms with van der Waals surface area (Å²) in [6.45, 7) is 1.90. The zero-order valence-corrected chi connectivity index (χ0v) is 10.5. The molecule has 0 atom stereocenters. The highest BCUT2D eigenvalue weighted by atomic mass is 16.6. The minimum Gasteiger partial charge on any atom is -0.493 e. The number of ether oxygens (including phenoxy) is 2. The lowest BCUT2D eigenvalue weighted by Gasteiger charge is -2.09. The SMILES string of the molecule is COc1cc([N+](=O)[O-])ccc1Oc1cncc(C)c1. The molecule has 0 saturated carbocycles. The minimum atomic E-state index is -0.486. The van der Waals surface area contributed by atoms with E-state index in [1.807, 2.05) is 13.0 Å². The number of pyridine rings is 1. The monoisotopic (exact) mass is 260 g/mol. The minimum absolute atomic E-state index is 0.0495. The summed E-state index contributed by atoms with van der Waals surface area (Å²) in [5.74, 6) is 1.25. The summed E-state index contributed by atoms with van der Waals surface area (Å²) in [5.41, 5.74) is 0.907. The first-order chi connectivity index (χ1) is 9.10. The molecule has 6 nitrogen and oxygen atoms in total. The van der Waals surface area contributed by atoms with Crippen molar-refractivity contribution < 1.29 is 14.4 Å². The van der Waals surface area contributed by atoms with Crippen molar-refractivity contribution in [2.24, 2.45) is 0 Å². The predicted octanol–water partition coefficient (Wildman–Crippen LogP) is 3.10. The second-order valence-electron chi connectivity index (χ2n) is 3.89. The van der Waals surface area contributed by atoms with E-state index in [0.29, 0.717) is 17.2 Å². The Labute approximate surface area is 109 Å². The van der Waals surface area contributed by atoms with Gasteiger partial charge in [0.25, 0.3) is 5.69 Å². The van der Waals surface area contributed by atoms with Gasteiger partial charge in [-0.15, -0.1) is 0 Å². The highest BCUT2D eigenvalue weighted by Crippen LogP contribution is 2.34. The van der Waals surface area contributed by atoms with E-state index in [-0.39, 0.29) is 5.69 Å². The Bertz CT molecular complexity index is 613. The van der Waals surface area contributed by atoms with Gasteiger partial charge in [-0.3, -0.25) is 15.1 Å². The van der Waals surface area contributed by atoms with E-state index in [2.05, 4.69) is 4.98 Å². The Kier molecular flexibility index (Phi) is 3.61. The molecule has 1 heterocycles. The standard InChI is InChI=1S/C13H12N2O4/c1-9-5-11(8-14-7-9)19-12-4-3-10(15(16)17)6-13(12)18-2/h3-8H,1-2H3. The van der Waals surface area contributed by atoms with Crippen LogP contribution in [0.5, 0.6) is 17.2 Å². The molecule has 0 fully saturated rings. The highest BCUT2D eigenvalue weighted by Gasteiger charge is 2.13. The number of nitro benzene ring substituents is 1. The molecule has 0 radical (unpaired) electrons. The van der Waals surface area contributed by atoms with Gasteiger partial charge in [0.2, 0.25) is 0 Å². The number of non-ortho nitro benzene ring substituents is 1. The van der Waals surface area contributed by atoms with Gasteiger partial charge in [0.15, 0.2) is 11.5 Å². The maximum atomic E-state index is 10.7. The number of hydrogen-bond donors (Lipinski definition) is 0. The van der Waals surface area contributed by atoms with Crippen LogP contribution in [0, 0.1) is 17.0 Å². The normalized spacial score (nSPS) is 10.0. The molecule has 2 rings (SSSR count). The van der Waals surface area contributed by atoms with Gasteiger partial charge in [0.05, 0.1) is 24.3 Å². The number of nitro groups is 1. The summed E-state index contributed by atoms with van der Waals surface area (Å²) in [5, 5.41) is 10.7. The van der Waals surface area contributed by atoms with E-state index in [4.69, 9.17) is 9.47 Å². The van der Waals surface area contributed by atoms with E-state index in [9.17, 15) is 10.1 Å². The molecule has 0 bridgehead atoms. The molecule has 19 heavy (non-hydrogen) atoms. The third-order valence-corrected chi connectivity index (χ3v) is 2.44. The quantitative estimate of drug-likeness (QED) is 0.623. The fourth-order valence-electron chi connectivity index (χ4n) is 1.56. The maximum Gasteiger partial charge on any atom is 0.273 e. The number of methoxy groups -OCH3 is 1. The summed E-state index contributed by atoms with van der Waals surface area (Å²) in [6, 6.07) is 5.99. The lowest BCUT2D eigenvalue weighted by Crippen LogP contribution is -1.94. The molecular weight excluding hydrogens is 248 g/mol. The van der Waals surface area contributed by atoms with E-state index < -0.39 is 4.92 Å². The third kappa shape index (κ3) is 2.98. The first-order valence-electron chi connectivity index (χ1n) is 5.52. The van der Waals surface area contributed by atoms with E-state index in [0.717, 1.165) is 5.56 Å². The Balaban J connectivity index is 2.32. The van der Waals surface area contributed by atoms with Crippen LogP contribution in [0.2, 0.25) is 0 Å². The topological polar surface area (TPSA) is 74.5 Å². The molecule has 2 aromatic rings. The van der Waals surface area contributed by atoms with Crippen LogP contribution in [0.15, 0.2) is 36.7 Å². The van der Waals surface area contributed by atoms with Crippen molar-refractivity contribution in [1.82, 2.24) is 4.98 Å². The van der Waals surface area contributed by atoms with Gasteiger partial charge in [-0.1, -0.05) is 0 Å². The van der Waals surface area contributed by atoms with Gasteiger partial charge in [0.1, 0.15) is 5.75 Å². The summed E-state index contributed by atoms with van der Waals surface area (Å²) in [6.07, 6.45) is 3.27. The molecule has 0 unspecified atom stereocenters. The van der Waals surface area contributed by atoms with Crippen LogP contribution in [-0.4, -0.2) is 17.0 Å². The Morgan fingerprint density at radius 2 is 2.00 bits per heavy atom. The second kappa shape index (κ2) is 5.34. The van der Waals surface area contributed by atoms with Crippen molar-refractivity contribution >= 4 is 5.69 Å². The van der Waals surface area contributed by atoms with Gasteiger partial charge in [-0.2, -0.15) is 0 Å². The van der Waals surface area contributed by atoms with E-state index in [1.54, 1.807) is 12.4 Å². The van der Waals surface area contributed by atoms with Crippen molar-refractivity contribution in [3.8, 4) is 17.2 Å². The van der Waals surface area contributed by atoms with E-state index in [1.165, 1.54) is 25.3 Å². The zero-order valence-electron chi connectivity index (χ0n) is 10.5. The number of rotatable bonds is 4. The van der Waals surface area contributed by atoms with Crippen LogP contribution in [0.3, 0.4) is 0 Å². The first-order valence-corrected chi connectivity index (χ1v) is 5.52. The Morgan fingerprint density at radius 1 is 1.21 bits per heavy atom. The molecule has 0 aliphatic rings. The molecule has 98 valence electrons. The van der Waals surface area contributed by atoms with Crippen molar-refractivity contribution in [2.75, 3.05) is 7.11 Å². The number of nitrogens with zero attached hydrogens (tertiary/aromatic N) is 2. The van der Waals surface area contributed by atoms with Gasteiger partial charge in [-0.05, 0) is 24.6 Å². The highest BCUT2D eigenvalue weighted by molar-refractivity contribution is 5.50. The Hall–Kier alpha value is -2.63. The average molecular weight is 260 g/mol. The number of aromatic nitrogens is 1. The zero-order chi connectivity index (χ0) is 13.8. The molecule has 0 aliphatic carbocycles. The second-order valence-corrected chi connectivity index (χ2v) is 3.89. The van der Waals surface area contributed by atoms with Crippen molar-refractivity contribution in [3.63, 3.8) is 0 Å². The summed E-state index contributed by atoms with van der Waals surface area (Å²) >= 11 is 0. The van der Waals surface area contributed by atoms with Crippen LogP contribution >= 0.6 is 0 Å². The lowest BCUT2D eigenvalue weighted by atomic mass is 10.2. The van der Waals surface area contributed by atoms with Gasteiger partial charge in [0, 0.05) is 12.3 Å². The summed E-state index contributed by atoms with van der Waals surface area (Å²) in [7, 11) is 1.43. The fourth-order valence-corrected chi connectivity index (χ4v) is 1.56. The van der Waals surface area contributed by atoms with Crippen LogP contribution in [0.1, 0.15) is 5.56 Å². The number of hydrogen-bond acceptors (Lipinski definition) is 5. The average Bonchev–Trinajstić information content (AvgIpc) is 2.39. The maximum absolute atomic E-state index is 10.7. The molecule has 0 spiro atoms. The molecule has 0 saturated heterocycles. The predicted molar refractivity (Wildman–Crippen MR) is 68.7 cm³/mol. The number of aryl methyl sites for hydroxylation is 1. The van der Waals surface area contributed by atoms with Crippen LogP contribution < -0.4 is 9.47 Å². The van der Waals surface area contributed by atoms with Crippen LogP contribution in [-0.2, 0) is 0 Å². The van der Waals surface area contributed by atoms with Crippen molar-refractivity contribution in [3.05, 3.63) is 52.3 Å². The smallest absolute Gasteiger partial charge is 0.273 e. The number of benzene rings is 1. The fraction of sp³-hybridized carbons (Fsp3) is 0.154. The molecule has 0 amide bonds.